The normalized spacial score (nSPS) is 11.5. The van der Waals surface area contributed by atoms with Gasteiger partial charge in [-0.2, -0.15) is 13.5 Å². The van der Waals surface area contributed by atoms with Gasteiger partial charge in [0.15, 0.2) is 5.03 Å². The first-order chi connectivity index (χ1) is 13.9. The monoisotopic (exact) mass is 428 g/mol. The highest BCUT2D eigenvalue weighted by atomic mass is 32.2. The molecule has 4 rings (SSSR count). The molecule has 0 fully saturated rings. The van der Waals surface area contributed by atoms with Crippen molar-refractivity contribution in [3.63, 3.8) is 0 Å². The number of rotatable bonds is 5. The van der Waals surface area contributed by atoms with Crippen molar-refractivity contribution in [2.75, 3.05) is 4.72 Å². The van der Waals surface area contributed by atoms with Gasteiger partial charge in [0, 0.05) is 21.5 Å². The summed E-state index contributed by atoms with van der Waals surface area (Å²) < 4.78 is 29.1. The van der Waals surface area contributed by atoms with Gasteiger partial charge in [-0.15, -0.1) is 11.3 Å². The van der Waals surface area contributed by atoms with Crippen molar-refractivity contribution in [1.29, 1.82) is 0 Å². The first-order valence-electron chi connectivity index (χ1n) is 8.50. The van der Waals surface area contributed by atoms with Crippen LogP contribution in [0.1, 0.15) is 15.2 Å². The van der Waals surface area contributed by atoms with Crippen LogP contribution in [0.25, 0.3) is 21.3 Å². The number of hydroxylamine groups is 1. The number of nitrogens with one attached hydrogen (secondary N) is 3. The number of thiophene rings is 1. The van der Waals surface area contributed by atoms with Crippen LogP contribution < -0.4 is 10.2 Å². The largest absolute Gasteiger partial charge is 0.288 e. The van der Waals surface area contributed by atoms with Crippen molar-refractivity contribution in [3.8, 4) is 11.3 Å². The molecule has 0 atom stereocenters. The van der Waals surface area contributed by atoms with Gasteiger partial charge in [-0.05, 0) is 36.6 Å². The minimum atomic E-state index is -3.90. The fourth-order valence-electron chi connectivity index (χ4n) is 3.00. The van der Waals surface area contributed by atoms with E-state index in [9.17, 15) is 13.2 Å². The lowest BCUT2D eigenvalue weighted by molar-refractivity contribution is 0.0711. The number of hydrogen-bond donors (Lipinski definition) is 4. The number of aromatic nitrogens is 2. The Balaban J connectivity index is 1.65. The number of aromatic amines is 1. The van der Waals surface area contributed by atoms with E-state index in [1.165, 1.54) is 11.3 Å². The quantitative estimate of drug-likeness (QED) is 0.286. The van der Waals surface area contributed by atoms with Crippen molar-refractivity contribution in [2.45, 2.75) is 11.9 Å². The number of fused-ring (bicyclic) bond motifs is 1. The number of anilines is 1. The first-order valence-corrected chi connectivity index (χ1v) is 10.8. The Hall–Kier alpha value is -3.21. The molecule has 0 saturated carbocycles. The van der Waals surface area contributed by atoms with Gasteiger partial charge in [0.1, 0.15) is 0 Å². The standard InChI is InChI=1S/C19H16N4O4S2/c1-11-17(12-5-3-2-4-6-12)20-21-19(11)29(26,27)23-14-7-8-15-13(9-14)10-16(28-15)18(24)22-25/h2-10,23,25H,1H3,(H,20,21)(H,22,24). The SMILES string of the molecule is Cc1c(-c2ccccc2)n[nH]c1S(=O)(=O)Nc1ccc2sc(C(=O)NO)cc2c1. The van der Waals surface area contributed by atoms with E-state index in [0.29, 0.717) is 27.2 Å². The molecule has 29 heavy (non-hydrogen) atoms. The van der Waals surface area contributed by atoms with E-state index >= 15 is 0 Å². The number of carbonyl (C=O) groups excluding carboxylic acids is 1. The number of H-pyrrole nitrogens is 1. The highest BCUT2D eigenvalue weighted by Crippen LogP contribution is 2.30. The van der Waals surface area contributed by atoms with Gasteiger partial charge in [0.2, 0.25) is 0 Å². The maximum Gasteiger partial charge on any atom is 0.284 e. The Morgan fingerprint density at radius 2 is 1.90 bits per heavy atom. The van der Waals surface area contributed by atoms with Crippen LogP contribution in [0.3, 0.4) is 0 Å². The molecule has 1 amide bonds. The van der Waals surface area contributed by atoms with Gasteiger partial charge >= 0.3 is 0 Å². The third-order valence-electron chi connectivity index (χ3n) is 4.37. The number of amides is 1. The molecule has 10 heteroatoms. The zero-order chi connectivity index (χ0) is 20.6. The summed E-state index contributed by atoms with van der Waals surface area (Å²) in [5.41, 5.74) is 3.84. The molecule has 0 radical (unpaired) electrons. The third kappa shape index (κ3) is 3.60. The molecule has 0 saturated heterocycles. The zero-order valence-electron chi connectivity index (χ0n) is 15.1. The molecular weight excluding hydrogens is 412 g/mol. The summed E-state index contributed by atoms with van der Waals surface area (Å²) in [6, 6.07) is 15.8. The van der Waals surface area contributed by atoms with Crippen LogP contribution in [-0.4, -0.2) is 29.7 Å². The van der Waals surface area contributed by atoms with Crippen molar-refractivity contribution >= 4 is 43.0 Å². The third-order valence-corrected chi connectivity index (χ3v) is 6.93. The van der Waals surface area contributed by atoms with E-state index in [1.54, 1.807) is 36.7 Å². The van der Waals surface area contributed by atoms with Crippen LogP contribution in [0.15, 0.2) is 59.6 Å². The van der Waals surface area contributed by atoms with E-state index in [2.05, 4.69) is 14.9 Å². The van der Waals surface area contributed by atoms with E-state index < -0.39 is 15.9 Å². The molecule has 2 aromatic carbocycles. The molecule has 0 aliphatic carbocycles. The molecule has 148 valence electrons. The van der Waals surface area contributed by atoms with Crippen LogP contribution in [-0.2, 0) is 10.0 Å². The zero-order valence-corrected chi connectivity index (χ0v) is 16.8. The van der Waals surface area contributed by atoms with E-state index in [0.717, 1.165) is 10.3 Å². The molecule has 4 N–H and O–H groups in total. The van der Waals surface area contributed by atoms with Crippen molar-refractivity contribution in [3.05, 3.63) is 65.0 Å². The summed E-state index contributed by atoms with van der Waals surface area (Å²) in [6.45, 7) is 1.70. The first kappa shape index (κ1) is 19.1. The molecule has 0 bridgehead atoms. The van der Waals surface area contributed by atoms with Gasteiger partial charge in [-0.25, -0.2) is 5.48 Å². The van der Waals surface area contributed by atoms with Crippen molar-refractivity contribution in [1.82, 2.24) is 15.7 Å². The Bertz CT molecular complexity index is 1310. The maximum atomic E-state index is 12.9. The topological polar surface area (TPSA) is 124 Å². The lowest BCUT2D eigenvalue weighted by Crippen LogP contribution is -2.16. The Labute approximate surface area is 170 Å². The lowest BCUT2D eigenvalue weighted by Gasteiger charge is -2.07. The van der Waals surface area contributed by atoms with Crippen LogP contribution in [0, 0.1) is 6.92 Å². The Morgan fingerprint density at radius 1 is 1.14 bits per heavy atom. The molecule has 0 unspecified atom stereocenters. The lowest BCUT2D eigenvalue weighted by atomic mass is 10.1. The summed E-state index contributed by atoms with van der Waals surface area (Å²) >= 11 is 1.19. The molecular formula is C19H16N4O4S2. The smallest absolute Gasteiger partial charge is 0.284 e. The van der Waals surface area contributed by atoms with Crippen LogP contribution in [0.2, 0.25) is 0 Å². The summed E-state index contributed by atoms with van der Waals surface area (Å²) in [6.07, 6.45) is 0. The predicted octanol–water partition coefficient (Wildman–Crippen LogP) is 3.52. The number of nitrogens with zero attached hydrogens (tertiary/aromatic N) is 1. The average molecular weight is 428 g/mol. The Morgan fingerprint density at radius 3 is 2.62 bits per heavy atom. The summed E-state index contributed by atoms with van der Waals surface area (Å²) in [7, 11) is -3.90. The van der Waals surface area contributed by atoms with Gasteiger partial charge in [-0.3, -0.25) is 19.8 Å². The fraction of sp³-hybridized carbons (Fsp3) is 0.0526. The van der Waals surface area contributed by atoms with Gasteiger partial charge in [0.05, 0.1) is 10.6 Å². The van der Waals surface area contributed by atoms with Crippen LogP contribution >= 0.6 is 11.3 Å². The minimum absolute atomic E-state index is 0.0119. The van der Waals surface area contributed by atoms with Gasteiger partial charge in [0.25, 0.3) is 15.9 Å². The number of carbonyl (C=O) groups is 1. The number of benzene rings is 2. The molecule has 4 aromatic rings. The summed E-state index contributed by atoms with van der Waals surface area (Å²) in [5, 5.41) is 16.2. The van der Waals surface area contributed by atoms with Gasteiger partial charge in [-0.1, -0.05) is 30.3 Å². The van der Waals surface area contributed by atoms with Crippen molar-refractivity contribution in [2.24, 2.45) is 0 Å². The highest BCUT2D eigenvalue weighted by Gasteiger charge is 2.23. The van der Waals surface area contributed by atoms with E-state index in [4.69, 9.17) is 5.21 Å². The van der Waals surface area contributed by atoms with E-state index in [-0.39, 0.29) is 5.03 Å². The predicted molar refractivity (Wildman–Crippen MR) is 111 cm³/mol. The minimum Gasteiger partial charge on any atom is -0.288 e. The molecule has 0 spiro atoms. The number of hydrogen-bond acceptors (Lipinski definition) is 6. The Kier molecular flexibility index (Phi) is 4.82. The summed E-state index contributed by atoms with van der Waals surface area (Å²) in [4.78, 5) is 11.9. The van der Waals surface area contributed by atoms with Crippen molar-refractivity contribution < 1.29 is 18.4 Å². The molecule has 8 nitrogen and oxygen atoms in total. The number of sulfonamides is 1. The molecule has 0 aliphatic heterocycles. The average Bonchev–Trinajstić information content (AvgIpc) is 3.31. The molecule has 0 aliphatic rings. The molecule has 2 heterocycles. The highest BCUT2D eigenvalue weighted by molar-refractivity contribution is 7.92. The van der Waals surface area contributed by atoms with Crippen LogP contribution in [0.5, 0.6) is 0 Å². The second kappa shape index (κ2) is 7.32. The maximum absolute atomic E-state index is 12.9. The second-order valence-corrected chi connectivity index (χ2v) is 9.01. The van der Waals surface area contributed by atoms with Gasteiger partial charge < -0.3 is 0 Å². The van der Waals surface area contributed by atoms with E-state index in [1.807, 2.05) is 30.3 Å². The second-order valence-electron chi connectivity index (χ2n) is 6.30. The van der Waals surface area contributed by atoms with Crippen LogP contribution in [0.4, 0.5) is 5.69 Å². The summed E-state index contributed by atoms with van der Waals surface area (Å²) in [5.74, 6) is -0.616. The fourth-order valence-corrected chi connectivity index (χ4v) is 5.14. The molecule has 2 aromatic heterocycles.